The fourth-order valence-electron chi connectivity index (χ4n) is 7.36. The first-order chi connectivity index (χ1) is 15.4. The van der Waals surface area contributed by atoms with Crippen LogP contribution < -0.4 is 0 Å². The summed E-state index contributed by atoms with van der Waals surface area (Å²) in [5.74, 6) is 10.1. The smallest absolute Gasteiger partial charge is 0.507 e. The molecule has 4 atom stereocenters. The summed E-state index contributed by atoms with van der Waals surface area (Å²) in [7, 11) is 0. The molecule has 1 aromatic carbocycles. The van der Waals surface area contributed by atoms with Gasteiger partial charge in [-0.3, -0.25) is 0 Å². The van der Waals surface area contributed by atoms with Crippen molar-refractivity contribution in [2.45, 2.75) is 114 Å². The number of benzene rings is 1. The molecule has 6 heteroatoms. The first kappa shape index (κ1) is 58.8. The van der Waals surface area contributed by atoms with Gasteiger partial charge in [-0.2, -0.15) is 0 Å². The Balaban J connectivity index is -0.0000000810. The third kappa shape index (κ3) is 15.2. The van der Waals surface area contributed by atoms with Crippen LogP contribution in [0.3, 0.4) is 0 Å². The minimum absolute atomic E-state index is 0. The Morgan fingerprint density at radius 1 is 0.585 bits per heavy atom. The Morgan fingerprint density at radius 2 is 0.854 bits per heavy atom. The summed E-state index contributed by atoms with van der Waals surface area (Å²) < 4.78 is 0. The van der Waals surface area contributed by atoms with Crippen molar-refractivity contribution in [3.05, 3.63) is 51.6 Å². The molecule has 0 bridgehead atoms. The van der Waals surface area contributed by atoms with Crippen LogP contribution in [0.25, 0.3) is 0 Å². The second-order valence-corrected chi connectivity index (χ2v) is 12.8. The summed E-state index contributed by atoms with van der Waals surface area (Å²) in [5.41, 5.74) is 2.09. The van der Waals surface area contributed by atoms with Gasteiger partial charge in [-0.25, -0.2) is 0 Å². The third-order valence-electron chi connectivity index (χ3n) is 10.2. The summed E-state index contributed by atoms with van der Waals surface area (Å²) in [6, 6.07) is 6.00. The van der Waals surface area contributed by atoms with Crippen LogP contribution >= 0.6 is 0 Å². The molecule has 0 amide bonds. The largest absolute Gasteiger partial charge is 3.00 e. The Labute approximate surface area is 337 Å². The normalized spacial score (nSPS) is 28.8. The molecule has 4 unspecified atom stereocenters. The van der Waals surface area contributed by atoms with Gasteiger partial charge in [0.25, 0.3) is 0 Å². The van der Waals surface area contributed by atoms with Crippen LogP contribution in [0, 0.1) is 151 Å². The SMILES string of the molecule is CC(C)c1cccc(C(C)C)c1O.CC1C(C)C2C(C)C(C)C(C)C2C1C.CC1CCCC1.O.O.[Ar].[Ar].[CH3-].[CH3-].[CH3-].[Zr+3]. The number of fused-ring (bicyclic) bond motifs is 1. The summed E-state index contributed by atoms with van der Waals surface area (Å²) in [6.45, 7) is 25.6. The van der Waals surface area contributed by atoms with Crippen molar-refractivity contribution in [1.82, 2.24) is 0 Å². The van der Waals surface area contributed by atoms with Crippen molar-refractivity contribution in [3.63, 3.8) is 0 Å². The van der Waals surface area contributed by atoms with E-state index in [1.165, 1.54) is 25.7 Å². The van der Waals surface area contributed by atoms with Crippen molar-refractivity contribution in [2.24, 2.45) is 53.3 Å². The molecule has 0 saturated heterocycles. The summed E-state index contributed by atoms with van der Waals surface area (Å²) in [6.07, 6.45) is 5.95. The maximum atomic E-state index is 9.93. The van der Waals surface area contributed by atoms with Crippen molar-refractivity contribution in [3.8, 4) is 5.75 Å². The number of phenols is 1. The topological polar surface area (TPSA) is 83.2 Å². The summed E-state index contributed by atoms with van der Waals surface area (Å²) >= 11 is 0. The van der Waals surface area contributed by atoms with Gasteiger partial charge < -0.3 is 38.3 Å². The van der Waals surface area contributed by atoms with E-state index in [1.54, 1.807) is 0 Å². The Morgan fingerprint density at radius 3 is 1.05 bits per heavy atom. The third-order valence-corrected chi connectivity index (χ3v) is 10.2. The van der Waals surface area contributed by atoms with E-state index in [0.717, 1.165) is 64.4 Å². The first-order valence-corrected chi connectivity index (χ1v) is 14.2. The van der Waals surface area contributed by atoms with E-state index in [2.05, 4.69) is 76.2 Å². The van der Waals surface area contributed by atoms with Gasteiger partial charge in [-0.15, -0.1) is 0 Å². The molecule has 3 aliphatic carbocycles. The molecule has 0 heterocycles. The van der Waals surface area contributed by atoms with E-state index in [9.17, 15) is 5.11 Å². The molecule has 1 radical (unpaired) electrons. The van der Waals surface area contributed by atoms with E-state index >= 15 is 0 Å². The molecule has 3 saturated carbocycles. The molecule has 0 spiro atoms. The van der Waals surface area contributed by atoms with Crippen LogP contribution in [-0.4, -0.2) is 16.1 Å². The molecule has 41 heavy (non-hydrogen) atoms. The number of hydrogen-bond acceptors (Lipinski definition) is 1. The van der Waals surface area contributed by atoms with Crippen molar-refractivity contribution in [1.29, 1.82) is 0 Å². The predicted molar refractivity (Wildman–Crippen MR) is 172 cm³/mol. The maximum absolute atomic E-state index is 9.93. The maximum Gasteiger partial charge on any atom is 3.00 e. The molecule has 5 N–H and O–H groups in total. The van der Waals surface area contributed by atoms with Crippen molar-refractivity contribution >= 4 is 0 Å². The Bertz CT molecular complexity index is 670. The molecule has 247 valence electrons. The minimum Gasteiger partial charge on any atom is -0.507 e. The number of rotatable bonds is 2. The quantitative estimate of drug-likeness (QED) is 0.305. The molecule has 3 nitrogen and oxygen atoms in total. The zero-order chi connectivity index (χ0) is 25.0. The zero-order valence-electron chi connectivity index (χ0n) is 29.1. The van der Waals surface area contributed by atoms with Crippen LogP contribution in [0.5, 0.6) is 5.75 Å². The molecular weight excluding hydrogens is 640 g/mol. The average molecular weight is 709 g/mol. The molecule has 3 aliphatic rings. The number of para-hydroxylation sites is 1. The van der Waals surface area contributed by atoms with Crippen LogP contribution in [0.1, 0.15) is 125 Å². The second-order valence-electron chi connectivity index (χ2n) is 12.8. The van der Waals surface area contributed by atoms with Gasteiger partial charge in [0.05, 0.1) is 0 Å². The van der Waals surface area contributed by atoms with E-state index < -0.39 is 0 Å². The van der Waals surface area contributed by atoms with Crippen molar-refractivity contribution in [2.75, 3.05) is 0 Å². The number of phenolic OH excluding ortho intramolecular Hbond substituents is 1. The fourth-order valence-corrected chi connectivity index (χ4v) is 7.36. The van der Waals surface area contributed by atoms with Gasteiger partial charge in [0.2, 0.25) is 0 Å². The predicted octanol–water partition coefficient (Wildman–Crippen LogP) is 9.60. The minimum atomic E-state index is 0. The molecular formula is C35H69Ar2O3Zr. The Kier molecular flexibility index (Phi) is 39.4. The monoisotopic (exact) mass is 707 g/mol. The average Bonchev–Trinajstić information content (AvgIpc) is 3.39. The van der Waals surface area contributed by atoms with E-state index in [4.69, 9.17) is 0 Å². The first-order valence-electron chi connectivity index (χ1n) is 14.2. The second kappa shape index (κ2) is 27.5. The molecule has 4 rings (SSSR count). The molecule has 0 aromatic heterocycles. The zero-order valence-corrected chi connectivity index (χ0v) is 32.9. The van der Waals surface area contributed by atoms with Crippen LogP contribution in [-0.2, 0) is 26.2 Å². The van der Waals surface area contributed by atoms with Gasteiger partial charge in [0, 0.05) is 75.5 Å². The fraction of sp³-hybridized carbons (Fsp3) is 0.743. The summed E-state index contributed by atoms with van der Waals surface area (Å²) in [5, 5.41) is 9.93. The molecule has 0 aliphatic heterocycles. The van der Waals surface area contributed by atoms with Gasteiger partial charge in [-0.05, 0) is 76.2 Å². The van der Waals surface area contributed by atoms with Crippen LogP contribution in [0.4, 0.5) is 0 Å². The number of hydrogen-bond donors (Lipinski definition) is 1. The van der Waals surface area contributed by atoms with E-state index in [-0.39, 0.29) is 135 Å². The van der Waals surface area contributed by atoms with E-state index in [1.807, 2.05) is 18.2 Å². The van der Waals surface area contributed by atoms with Crippen LogP contribution in [0.2, 0.25) is 0 Å². The number of aromatic hydroxyl groups is 1. The molecule has 3 fully saturated rings. The van der Waals surface area contributed by atoms with E-state index in [0.29, 0.717) is 17.6 Å². The van der Waals surface area contributed by atoms with Gasteiger partial charge in [0.1, 0.15) is 5.75 Å². The van der Waals surface area contributed by atoms with Gasteiger partial charge >= 0.3 is 26.2 Å². The standard InChI is InChI=1S/C14H26.C12H18O.C6H12.3CH3.2Ar.2H2O.Zr/c1-7-9(3)13-11(5)8(2)12(6)14(13)10(7)4;1-8(2)10-6-5-7-11(9(3)4)12(10)13;1-6-4-2-3-5-6;;;;;;;;/h7-14H,1-6H3;5-9,13H,1-4H3;6H,2-5H2,1H3;3*1H3;;;2*1H2;/q;;;3*-1;;;;;+3. The Hall–Kier alpha value is 2.34. The van der Waals surface area contributed by atoms with Crippen LogP contribution in [0.15, 0.2) is 18.2 Å². The van der Waals surface area contributed by atoms with Crippen molar-refractivity contribution < 1.29 is 118 Å². The summed E-state index contributed by atoms with van der Waals surface area (Å²) in [4.78, 5) is 0. The van der Waals surface area contributed by atoms with Gasteiger partial charge in [-0.1, -0.05) is 120 Å². The molecule has 1 aromatic rings. The van der Waals surface area contributed by atoms with Gasteiger partial charge in [0.15, 0.2) is 0 Å².